The van der Waals surface area contributed by atoms with E-state index in [0.29, 0.717) is 12.3 Å². The molecule has 0 saturated heterocycles. The van der Waals surface area contributed by atoms with Gasteiger partial charge in [0.2, 0.25) is 11.8 Å². The summed E-state index contributed by atoms with van der Waals surface area (Å²) in [6.45, 7) is 3.40. The summed E-state index contributed by atoms with van der Waals surface area (Å²) in [7, 11) is 0. The summed E-state index contributed by atoms with van der Waals surface area (Å²) >= 11 is 0. The van der Waals surface area contributed by atoms with E-state index >= 15 is 0 Å². The lowest BCUT2D eigenvalue weighted by Gasteiger charge is -2.21. The van der Waals surface area contributed by atoms with Gasteiger partial charge in [0.15, 0.2) is 0 Å². The maximum atomic E-state index is 12.3. The lowest BCUT2D eigenvalue weighted by molar-refractivity contribution is -0.117. The average molecular weight is 300 g/mol. The summed E-state index contributed by atoms with van der Waals surface area (Å²) < 4.78 is 0. The molecule has 4 nitrogen and oxygen atoms in total. The van der Waals surface area contributed by atoms with Crippen LogP contribution in [0.15, 0.2) is 18.2 Å². The van der Waals surface area contributed by atoms with Crippen LogP contribution < -0.4 is 10.6 Å². The molecule has 0 heterocycles. The van der Waals surface area contributed by atoms with Gasteiger partial charge in [-0.25, -0.2) is 0 Å². The largest absolute Gasteiger partial charge is 0.326 e. The number of carbonyl (C=O) groups excluding carboxylic acids is 2. The number of hydrogen-bond acceptors (Lipinski definition) is 2. The van der Waals surface area contributed by atoms with Gasteiger partial charge in [0.05, 0.1) is 0 Å². The lowest BCUT2D eigenvalue weighted by atomic mass is 9.86. The van der Waals surface area contributed by atoms with Gasteiger partial charge in [-0.1, -0.05) is 12.5 Å². The third-order valence-corrected chi connectivity index (χ3v) is 5.25. The molecule has 1 aromatic rings. The van der Waals surface area contributed by atoms with Gasteiger partial charge in [-0.05, 0) is 61.6 Å². The molecule has 3 unspecified atom stereocenters. The van der Waals surface area contributed by atoms with Crippen molar-refractivity contribution in [1.29, 1.82) is 0 Å². The van der Waals surface area contributed by atoms with Gasteiger partial charge in [0, 0.05) is 24.7 Å². The second-order valence-corrected chi connectivity index (χ2v) is 6.85. The molecule has 2 fully saturated rings. The second kappa shape index (κ2) is 6.11. The molecule has 2 amide bonds. The Morgan fingerprint density at radius 2 is 1.86 bits per heavy atom. The summed E-state index contributed by atoms with van der Waals surface area (Å²) in [6, 6.07) is 5.59. The van der Waals surface area contributed by atoms with E-state index in [1.54, 1.807) is 0 Å². The van der Waals surface area contributed by atoms with E-state index in [2.05, 4.69) is 10.6 Å². The fourth-order valence-corrected chi connectivity index (χ4v) is 4.16. The van der Waals surface area contributed by atoms with Gasteiger partial charge in [0.25, 0.3) is 0 Å². The first-order valence-electron chi connectivity index (χ1n) is 8.20. The van der Waals surface area contributed by atoms with E-state index in [4.69, 9.17) is 0 Å². The Hall–Kier alpha value is -1.84. The van der Waals surface area contributed by atoms with Crippen molar-refractivity contribution < 1.29 is 9.59 Å². The van der Waals surface area contributed by atoms with Crippen LogP contribution in [0, 0.1) is 24.7 Å². The SMILES string of the molecule is CC(=O)Nc1cccc(NC(=O)CC2CC3CCC2C3)c1C. The highest BCUT2D eigenvalue weighted by atomic mass is 16.2. The van der Waals surface area contributed by atoms with E-state index < -0.39 is 0 Å². The molecular formula is C18H24N2O2. The van der Waals surface area contributed by atoms with Crippen LogP contribution >= 0.6 is 0 Å². The Morgan fingerprint density at radius 1 is 1.14 bits per heavy atom. The van der Waals surface area contributed by atoms with Crippen molar-refractivity contribution in [3.8, 4) is 0 Å². The lowest BCUT2D eigenvalue weighted by Crippen LogP contribution is -2.21. The van der Waals surface area contributed by atoms with Crippen molar-refractivity contribution in [2.45, 2.75) is 46.0 Å². The molecule has 2 saturated carbocycles. The molecule has 2 aliphatic rings. The fraction of sp³-hybridized carbons (Fsp3) is 0.556. The zero-order valence-electron chi connectivity index (χ0n) is 13.3. The molecule has 2 bridgehead atoms. The Morgan fingerprint density at radius 3 is 2.45 bits per heavy atom. The smallest absolute Gasteiger partial charge is 0.224 e. The maximum absolute atomic E-state index is 12.3. The van der Waals surface area contributed by atoms with Crippen LogP contribution in [0.25, 0.3) is 0 Å². The molecular weight excluding hydrogens is 276 g/mol. The third kappa shape index (κ3) is 3.16. The van der Waals surface area contributed by atoms with Gasteiger partial charge < -0.3 is 10.6 Å². The van der Waals surface area contributed by atoms with Crippen LogP contribution in [-0.4, -0.2) is 11.8 Å². The number of nitrogens with one attached hydrogen (secondary N) is 2. The third-order valence-electron chi connectivity index (χ3n) is 5.25. The number of carbonyl (C=O) groups is 2. The van der Waals surface area contributed by atoms with Gasteiger partial charge in [-0.15, -0.1) is 0 Å². The number of rotatable bonds is 4. The standard InChI is InChI=1S/C18H24N2O2/c1-11-16(19-12(2)21)4-3-5-17(11)20-18(22)10-15-9-13-6-7-14(15)8-13/h3-5,13-15H,6-10H2,1-2H3,(H,19,21)(H,20,22). The Labute approximate surface area is 131 Å². The number of hydrogen-bond donors (Lipinski definition) is 2. The summed E-state index contributed by atoms with van der Waals surface area (Å²) in [5.41, 5.74) is 2.45. The fourth-order valence-electron chi connectivity index (χ4n) is 4.16. The van der Waals surface area contributed by atoms with Crippen LogP contribution in [0.3, 0.4) is 0 Å². The average Bonchev–Trinajstić information content (AvgIpc) is 3.05. The highest BCUT2D eigenvalue weighted by Gasteiger charge is 2.40. The molecule has 0 radical (unpaired) electrons. The molecule has 0 aromatic heterocycles. The molecule has 118 valence electrons. The minimum absolute atomic E-state index is 0.0978. The van der Waals surface area contributed by atoms with Crippen LogP contribution in [0.5, 0.6) is 0 Å². The van der Waals surface area contributed by atoms with Crippen molar-refractivity contribution in [2.24, 2.45) is 17.8 Å². The van der Waals surface area contributed by atoms with E-state index in [1.807, 2.05) is 25.1 Å². The molecule has 22 heavy (non-hydrogen) atoms. The van der Waals surface area contributed by atoms with Crippen molar-refractivity contribution in [2.75, 3.05) is 10.6 Å². The predicted molar refractivity (Wildman–Crippen MR) is 87.7 cm³/mol. The van der Waals surface area contributed by atoms with E-state index in [0.717, 1.165) is 28.8 Å². The van der Waals surface area contributed by atoms with E-state index in [9.17, 15) is 9.59 Å². The number of benzene rings is 1. The van der Waals surface area contributed by atoms with Crippen LogP contribution in [0.2, 0.25) is 0 Å². The zero-order chi connectivity index (χ0) is 15.7. The molecule has 0 spiro atoms. The van der Waals surface area contributed by atoms with Gasteiger partial charge in [-0.3, -0.25) is 9.59 Å². The van der Waals surface area contributed by atoms with Crippen molar-refractivity contribution in [3.05, 3.63) is 23.8 Å². The van der Waals surface area contributed by atoms with Crippen molar-refractivity contribution >= 4 is 23.2 Å². The minimum atomic E-state index is -0.103. The van der Waals surface area contributed by atoms with E-state index in [-0.39, 0.29) is 11.8 Å². The normalized spacial score (nSPS) is 26.0. The van der Waals surface area contributed by atoms with Gasteiger partial charge in [0.1, 0.15) is 0 Å². The Balaban J connectivity index is 1.62. The molecule has 2 aliphatic carbocycles. The minimum Gasteiger partial charge on any atom is -0.326 e. The quantitative estimate of drug-likeness (QED) is 0.890. The monoisotopic (exact) mass is 300 g/mol. The van der Waals surface area contributed by atoms with Gasteiger partial charge in [-0.2, -0.15) is 0 Å². The number of fused-ring (bicyclic) bond motifs is 2. The predicted octanol–water partition coefficient (Wildman–Crippen LogP) is 3.72. The summed E-state index contributed by atoms with van der Waals surface area (Å²) in [5, 5.41) is 5.81. The van der Waals surface area contributed by atoms with Crippen LogP contribution in [-0.2, 0) is 9.59 Å². The number of amides is 2. The highest BCUT2D eigenvalue weighted by Crippen LogP contribution is 2.49. The Bertz CT molecular complexity index is 597. The first kappa shape index (κ1) is 15.1. The van der Waals surface area contributed by atoms with E-state index in [1.165, 1.54) is 32.6 Å². The van der Waals surface area contributed by atoms with Crippen molar-refractivity contribution in [1.82, 2.24) is 0 Å². The second-order valence-electron chi connectivity index (χ2n) is 6.85. The van der Waals surface area contributed by atoms with Crippen molar-refractivity contribution in [3.63, 3.8) is 0 Å². The molecule has 3 rings (SSSR count). The van der Waals surface area contributed by atoms with Gasteiger partial charge >= 0.3 is 0 Å². The first-order valence-corrected chi connectivity index (χ1v) is 8.20. The molecule has 0 aliphatic heterocycles. The topological polar surface area (TPSA) is 58.2 Å². The molecule has 3 atom stereocenters. The summed E-state index contributed by atoms with van der Waals surface area (Å²) in [5.74, 6) is 2.20. The zero-order valence-corrected chi connectivity index (χ0v) is 13.3. The Kier molecular flexibility index (Phi) is 4.19. The molecule has 4 heteroatoms. The number of anilines is 2. The van der Waals surface area contributed by atoms with Crippen LogP contribution in [0.1, 0.15) is 44.6 Å². The summed E-state index contributed by atoms with van der Waals surface area (Å²) in [6.07, 6.45) is 5.85. The first-order chi connectivity index (χ1) is 10.5. The highest BCUT2D eigenvalue weighted by molar-refractivity contribution is 5.95. The molecule has 2 N–H and O–H groups in total. The molecule has 1 aromatic carbocycles. The summed E-state index contributed by atoms with van der Waals surface area (Å²) in [4.78, 5) is 23.5. The maximum Gasteiger partial charge on any atom is 0.224 e. The van der Waals surface area contributed by atoms with Crippen LogP contribution in [0.4, 0.5) is 11.4 Å².